The average Bonchev–Trinajstić information content (AvgIpc) is 2.36. The van der Waals surface area contributed by atoms with Crippen LogP contribution < -0.4 is 0 Å². The van der Waals surface area contributed by atoms with Gasteiger partial charge in [0.2, 0.25) is 0 Å². The second kappa shape index (κ2) is 7.25. The first-order valence-corrected chi connectivity index (χ1v) is 6.86. The summed E-state index contributed by atoms with van der Waals surface area (Å²) < 4.78 is 14.4. The normalized spacial score (nSPS) is 10.3. The van der Waals surface area contributed by atoms with E-state index in [1.165, 1.54) is 17.0 Å². The van der Waals surface area contributed by atoms with Crippen LogP contribution in [0.25, 0.3) is 0 Å². The first kappa shape index (κ1) is 15.6. The van der Waals surface area contributed by atoms with Crippen LogP contribution in [0.2, 0.25) is 0 Å². The Bertz CT molecular complexity index is 497. The molecule has 0 spiro atoms. The van der Waals surface area contributed by atoms with Gasteiger partial charge in [0.15, 0.2) is 0 Å². The van der Waals surface area contributed by atoms with Crippen molar-refractivity contribution in [3.05, 3.63) is 34.1 Å². The fourth-order valence-electron chi connectivity index (χ4n) is 1.73. The third-order valence-electron chi connectivity index (χ3n) is 2.53. The molecule has 102 valence electrons. The highest BCUT2D eigenvalue weighted by Crippen LogP contribution is 2.18. The van der Waals surface area contributed by atoms with Crippen molar-refractivity contribution in [2.75, 3.05) is 13.1 Å². The largest absolute Gasteiger partial charge is 0.337 e. The number of hydrogen-bond acceptors (Lipinski definition) is 2. The molecule has 0 N–H and O–H groups in total. The molecule has 3 nitrogen and oxygen atoms in total. The third-order valence-corrected chi connectivity index (χ3v) is 3.02. The van der Waals surface area contributed by atoms with Gasteiger partial charge in [0, 0.05) is 17.6 Å². The van der Waals surface area contributed by atoms with Crippen molar-refractivity contribution >= 4 is 21.8 Å². The average molecular weight is 327 g/mol. The van der Waals surface area contributed by atoms with Gasteiger partial charge >= 0.3 is 0 Å². The van der Waals surface area contributed by atoms with Crippen LogP contribution in [0.1, 0.15) is 30.6 Å². The van der Waals surface area contributed by atoms with E-state index in [9.17, 15) is 9.18 Å². The lowest BCUT2D eigenvalue weighted by molar-refractivity contribution is 0.0735. The quantitative estimate of drug-likeness (QED) is 0.829. The van der Waals surface area contributed by atoms with Crippen molar-refractivity contribution in [3.63, 3.8) is 0 Å². The predicted octanol–water partition coefficient (Wildman–Crippen LogP) is 3.60. The molecule has 5 heteroatoms. The van der Waals surface area contributed by atoms with Gasteiger partial charge in [0.25, 0.3) is 5.91 Å². The molecule has 0 atom stereocenters. The van der Waals surface area contributed by atoms with Crippen LogP contribution in [0, 0.1) is 23.1 Å². The molecule has 1 aromatic rings. The maximum absolute atomic E-state index is 13.7. The summed E-state index contributed by atoms with van der Waals surface area (Å²) >= 11 is 3.23. The number of carbonyl (C=O) groups excluding carboxylic acids is 1. The number of hydrogen-bond donors (Lipinski definition) is 0. The number of rotatable bonds is 5. The summed E-state index contributed by atoms with van der Waals surface area (Å²) in [5, 5.41) is 8.63. The first-order chi connectivity index (χ1) is 8.95. The fourth-order valence-corrected chi connectivity index (χ4v) is 2.09. The minimum atomic E-state index is -0.543. The van der Waals surface area contributed by atoms with E-state index in [4.69, 9.17) is 5.26 Å². The summed E-state index contributed by atoms with van der Waals surface area (Å²) in [6.07, 6.45) is 0.244. The zero-order chi connectivity index (χ0) is 14.4. The molecule has 0 radical (unpaired) electrons. The van der Waals surface area contributed by atoms with Gasteiger partial charge < -0.3 is 4.90 Å². The monoisotopic (exact) mass is 326 g/mol. The lowest BCUT2D eigenvalue weighted by atomic mass is 10.1. The van der Waals surface area contributed by atoms with Crippen molar-refractivity contribution in [2.24, 2.45) is 5.92 Å². The summed E-state index contributed by atoms with van der Waals surface area (Å²) in [6, 6.07) is 6.29. The smallest absolute Gasteiger partial charge is 0.256 e. The van der Waals surface area contributed by atoms with Crippen LogP contribution in [-0.4, -0.2) is 23.9 Å². The predicted molar refractivity (Wildman–Crippen MR) is 75.1 cm³/mol. The van der Waals surface area contributed by atoms with E-state index in [-0.39, 0.29) is 23.8 Å². The fraction of sp³-hybridized carbons (Fsp3) is 0.429. The molecule has 1 rings (SSSR count). The Kier molecular flexibility index (Phi) is 5.97. The highest BCUT2D eigenvalue weighted by molar-refractivity contribution is 9.10. The van der Waals surface area contributed by atoms with E-state index in [0.717, 1.165) is 0 Å². The van der Waals surface area contributed by atoms with Crippen LogP contribution in [0.5, 0.6) is 0 Å². The minimum absolute atomic E-state index is 0.0352. The van der Waals surface area contributed by atoms with Gasteiger partial charge in [-0.25, -0.2) is 4.39 Å². The molecule has 0 saturated heterocycles. The topological polar surface area (TPSA) is 44.1 Å². The van der Waals surface area contributed by atoms with Gasteiger partial charge in [-0.3, -0.25) is 4.79 Å². The van der Waals surface area contributed by atoms with E-state index in [0.29, 0.717) is 17.6 Å². The van der Waals surface area contributed by atoms with Gasteiger partial charge in [-0.1, -0.05) is 29.8 Å². The lowest BCUT2D eigenvalue weighted by Crippen LogP contribution is -2.35. The van der Waals surface area contributed by atoms with E-state index in [1.54, 1.807) is 6.07 Å². The van der Waals surface area contributed by atoms with Crippen LogP contribution in [0.4, 0.5) is 4.39 Å². The molecule has 0 bridgehead atoms. The van der Waals surface area contributed by atoms with E-state index in [1.807, 2.05) is 19.9 Å². The molecule has 0 fully saturated rings. The zero-order valence-electron chi connectivity index (χ0n) is 11.0. The Labute approximate surface area is 121 Å². The molecule has 0 saturated carbocycles. The standard InChI is InChI=1S/C14H16BrFN2O/c1-10(2)9-18(7-3-6-17)14(19)12-8-11(15)4-5-13(12)16/h4-5,8,10H,3,7,9H2,1-2H3. The highest BCUT2D eigenvalue weighted by Gasteiger charge is 2.20. The van der Waals surface area contributed by atoms with Crippen LogP contribution >= 0.6 is 15.9 Å². The van der Waals surface area contributed by atoms with Crippen molar-refractivity contribution in [1.29, 1.82) is 5.26 Å². The maximum Gasteiger partial charge on any atom is 0.256 e. The zero-order valence-corrected chi connectivity index (χ0v) is 12.6. The van der Waals surface area contributed by atoms with Crippen LogP contribution in [0.15, 0.2) is 22.7 Å². The lowest BCUT2D eigenvalue weighted by Gasteiger charge is -2.24. The van der Waals surface area contributed by atoms with Crippen LogP contribution in [0.3, 0.4) is 0 Å². The summed E-state index contributed by atoms with van der Waals surface area (Å²) in [4.78, 5) is 13.8. The Hall–Kier alpha value is -1.41. The molecule has 0 heterocycles. The van der Waals surface area contributed by atoms with Crippen molar-refractivity contribution in [2.45, 2.75) is 20.3 Å². The van der Waals surface area contributed by atoms with Crippen molar-refractivity contribution < 1.29 is 9.18 Å². The number of amides is 1. The van der Waals surface area contributed by atoms with Crippen molar-refractivity contribution in [1.82, 2.24) is 4.90 Å². The second-order valence-corrected chi connectivity index (χ2v) is 5.59. The molecule has 19 heavy (non-hydrogen) atoms. The number of halogens is 2. The SMILES string of the molecule is CC(C)CN(CCC#N)C(=O)c1cc(Br)ccc1F. The van der Waals surface area contributed by atoms with Gasteiger partial charge in [-0.15, -0.1) is 0 Å². The molecule has 1 aromatic carbocycles. The second-order valence-electron chi connectivity index (χ2n) is 4.68. The van der Waals surface area contributed by atoms with E-state index < -0.39 is 5.82 Å². The van der Waals surface area contributed by atoms with E-state index >= 15 is 0 Å². The third kappa shape index (κ3) is 4.64. The van der Waals surface area contributed by atoms with Gasteiger partial charge in [0.05, 0.1) is 18.1 Å². The van der Waals surface area contributed by atoms with Crippen molar-refractivity contribution in [3.8, 4) is 6.07 Å². The highest BCUT2D eigenvalue weighted by atomic mass is 79.9. The molecule has 0 aliphatic carbocycles. The molecule has 1 amide bonds. The molecule has 0 aliphatic heterocycles. The number of nitrogens with zero attached hydrogens (tertiary/aromatic N) is 2. The summed E-state index contributed by atoms with van der Waals surface area (Å²) in [6.45, 7) is 4.78. The first-order valence-electron chi connectivity index (χ1n) is 6.07. The Morgan fingerprint density at radius 3 is 2.79 bits per heavy atom. The Morgan fingerprint density at radius 2 is 2.21 bits per heavy atom. The Balaban J connectivity index is 2.97. The van der Waals surface area contributed by atoms with Crippen LogP contribution in [-0.2, 0) is 0 Å². The molecule has 0 aromatic heterocycles. The minimum Gasteiger partial charge on any atom is -0.337 e. The molecule has 0 aliphatic rings. The molecule has 0 unspecified atom stereocenters. The Morgan fingerprint density at radius 1 is 1.53 bits per heavy atom. The van der Waals surface area contributed by atoms with Gasteiger partial charge in [0.1, 0.15) is 5.82 Å². The summed E-state index contributed by atoms with van der Waals surface area (Å²) in [5.74, 6) is -0.653. The van der Waals surface area contributed by atoms with E-state index in [2.05, 4.69) is 15.9 Å². The number of carbonyl (C=O) groups is 1. The van der Waals surface area contributed by atoms with Gasteiger partial charge in [-0.2, -0.15) is 5.26 Å². The number of benzene rings is 1. The molecular weight excluding hydrogens is 311 g/mol. The van der Waals surface area contributed by atoms with Gasteiger partial charge in [-0.05, 0) is 24.1 Å². The summed E-state index contributed by atoms with van der Waals surface area (Å²) in [5.41, 5.74) is 0.0352. The number of nitriles is 1. The maximum atomic E-state index is 13.7. The molecular formula is C14H16BrFN2O. The summed E-state index contributed by atoms with van der Waals surface area (Å²) in [7, 11) is 0.